The van der Waals surface area contributed by atoms with Gasteiger partial charge in [0.2, 0.25) is 0 Å². The maximum absolute atomic E-state index is 12.6. The van der Waals surface area contributed by atoms with Gasteiger partial charge < -0.3 is 10.7 Å². The van der Waals surface area contributed by atoms with Crippen LogP contribution in [0.3, 0.4) is 0 Å². The van der Waals surface area contributed by atoms with Crippen LogP contribution in [0.15, 0.2) is 18.2 Å². The van der Waals surface area contributed by atoms with E-state index < -0.39 is 0 Å². The van der Waals surface area contributed by atoms with Crippen LogP contribution in [0, 0.1) is 18.8 Å². The lowest BCUT2D eigenvalue weighted by atomic mass is 9.78. The summed E-state index contributed by atoms with van der Waals surface area (Å²) in [7, 11) is 0. The Hall–Kier alpha value is -1.55. The number of rotatable bonds is 4. The van der Waals surface area contributed by atoms with Crippen LogP contribution in [-0.2, 0) is 0 Å². The minimum absolute atomic E-state index is 0.0239. The lowest BCUT2D eigenvalue weighted by molar-refractivity contribution is 0.0890. The third-order valence-corrected chi connectivity index (χ3v) is 4.57. The summed E-state index contributed by atoms with van der Waals surface area (Å²) in [5, 5.41) is 3.23. The van der Waals surface area contributed by atoms with E-state index in [4.69, 9.17) is 5.84 Å². The molecule has 0 aromatic heterocycles. The summed E-state index contributed by atoms with van der Waals surface area (Å²) < 4.78 is 0. The summed E-state index contributed by atoms with van der Waals surface area (Å²) in [4.78, 5) is 12.6. The number of nitrogen functional groups attached to an aromatic ring is 1. The van der Waals surface area contributed by atoms with Gasteiger partial charge in [0, 0.05) is 6.04 Å². The van der Waals surface area contributed by atoms with E-state index in [0.29, 0.717) is 23.1 Å². The van der Waals surface area contributed by atoms with Crippen LogP contribution in [0.25, 0.3) is 0 Å². The van der Waals surface area contributed by atoms with Crippen molar-refractivity contribution in [3.63, 3.8) is 0 Å². The van der Waals surface area contributed by atoms with E-state index in [1.54, 1.807) is 0 Å². The van der Waals surface area contributed by atoms with Crippen LogP contribution in [-0.4, -0.2) is 11.9 Å². The molecule has 2 rings (SSSR count). The van der Waals surface area contributed by atoms with E-state index in [9.17, 15) is 4.79 Å². The van der Waals surface area contributed by atoms with Gasteiger partial charge in [-0.3, -0.25) is 10.6 Å². The molecule has 0 spiro atoms. The highest BCUT2D eigenvalue weighted by molar-refractivity contribution is 5.99. The third kappa shape index (κ3) is 3.76. The number of aryl methyl sites for hydroxylation is 1. The topological polar surface area (TPSA) is 67.1 Å². The Kier molecular flexibility index (Phi) is 5.23. The number of hydrogen-bond acceptors (Lipinski definition) is 3. The van der Waals surface area contributed by atoms with Crippen LogP contribution in [0.5, 0.6) is 0 Å². The highest BCUT2D eigenvalue weighted by Crippen LogP contribution is 2.30. The monoisotopic (exact) mass is 289 g/mol. The first-order chi connectivity index (χ1) is 10.0. The Balaban J connectivity index is 2.15. The molecule has 4 heteroatoms. The Morgan fingerprint density at radius 1 is 1.29 bits per heavy atom. The first-order valence-electron chi connectivity index (χ1n) is 7.91. The van der Waals surface area contributed by atoms with E-state index in [1.807, 2.05) is 25.1 Å². The molecule has 1 saturated carbocycles. The standard InChI is InChI=1S/C17H27N3O/c1-11(2)13-6-4-5-7-15(13)19-17(21)14-10-12(3)8-9-16(14)20-18/h8-11,13,15,20H,4-7,18H2,1-3H3,(H,19,21). The van der Waals surface area contributed by atoms with Gasteiger partial charge in [-0.1, -0.05) is 38.3 Å². The molecule has 116 valence electrons. The Bertz CT molecular complexity index is 499. The molecule has 0 saturated heterocycles. The smallest absolute Gasteiger partial charge is 0.253 e. The van der Waals surface area contributed by atoms with E-state index in [1.165, 1.54) is 19.3 Å². The van der Waals surface area contributed by atoms with E-state index in [2.05, 4.69) is 24.6 Å². The van der Waals surface area contributed by atoms with Crippen molar-refractivity contribution in [2.45, 2.75) is 52.5 Å². The normalized spacial score (nSPS) is 22.1. The molecular formula is C17H27N3O. The number of benzene rings is 1. The number of nitrogens with one attached hydrogen (secondary N) is 2. The highest BCUT2D eigenvalue weighted by Gasteiger charge is 2.29. The zero-order chi connectivity index (χ0) is 15.4. The SMILES string of the molecule is Cc1ccc(NN)c(C(=O)NC2CCCCC2C(C)C)c1. The molecule has 1 aromatic carbocycles. The minimum Gasteiger partial charge on any atom is -0.349 e. The number of hydrazine groups is 1. The number of carbonyl (C=O) groups excluding carboxylic acids is 1. The fourth-order valence-electron chi connectivity index (χ4n) is 3.35. The highest BCUT2D eigenvalue weighted by atomic mass is 16.1. The van der Waals surface area contributed by atoms with Crippen molar-refractivity contribution in [1.82, 2.24) is 5.32 Å². The predicted molar refractivity (Wildman–Crippen MR) is 87.0 cm³/mol. The molecule has 1 aromatic rings. The van der Waals surface area contributed by atoms with Crippen molar-refractivity contribution in [2.75, 3.05) is 5.43 Å². The second-order valence-corrected chi connectivity index (χ2v) is 6.47. The van der Waals surface area contributed by atoms with Crippen LogP contribution >= 0.6 is 0 Å². The van der Waals surface area contributed by atoms with E-state index in [-0.39, 0.29) is 11.9 Å². The zero-order valence-electron chi connectivity index (χ0n) is 13.3. The van der Waals surface area contributed by atoms with Crippen LogP contribution in [0.2, 0.25) is 0 Å². The number of amides is 1. The number of hydrogen-bond donors (Lipinski definition) is 3. The van der Waals surface area contributed by atoms with E-state index in [0.717, 1.165) is 12.0 Å². The zero-order valence-corrected chi connectivity index (χ0v) is 13.3. The molecule has 1 amide bonds. The fraction of sp³-hybridized carbons (Fsp3) is 0.588. The van der Waals surface area contributed by atoms with Crippen molar-refractivity contribution in [2.24, 2.45) is 17.7 Å². The number of nitrogens with two attached hydrogens (primary N) is 1. The van der Waals surface area contributed by atoms with Crippen molar-refractivity contribution in [3.05, 3.63) is 29.3 Å². The summed E-state index contributed by atoms with van der Waals surface area (Å²) in [6, 6.07) is 5.96. The van der Waals surface area contributed by atoms with Gasteiger partial charge in [-0.25, -0.2) is 0 Å². The largest absolute Gasteiger partial charge is 0.349 e. The van der Waals surface area contributed by atoms with Gasteiger partial charge >= 0.3 is 0 Å². The van der Waals surface area contributed by atoms with Crippen LogP contribution in [0.1, 0.15) is 55.5 Å². The van der Waals surface area contributed by atoms with Crippen molar-refractivity contribution < 1.29 is 4.79 Å². The van der Waals surface area contributed by atoms with E-state index >= 15 is 0 Å². The summed E-state index contributed by atoms with van der Waals surface area (Å²) in [5.74, 6) is 6.66. The lowest BCUT2D eigenvalue weighted by Gasteiger charge is -2.35. The van der Waals surface area contributed by atoms with Gasteiger partial charge in [-0.2, -0.15) is 0 Å². The number of anilines is 1. The quantitative estimate of drug-likeness (QED) is 0.589. The predicted octanol–water partition coefficient (Wildman–Crippen LogP) is 3.23. The fourth-order valence-corrected chi connectivity index (χ4v) is 3.35. The van der Waals surface area contributed by atoms with Crippen molar-refractivity contribution in [3.8, 4) is 0 Å². The first-order valence-corrected chi connectivity index (χ1v) is 7.91. The molecular weight excluding hydrogens is 262 g/mol. The Labute approximate surface area is 127 Å². The molecule has 2 unspecified atom stereocenters. The van der Waals surface area contributed by atoms with Gasteiger partial charge in [0.15, 0.2) is 0 Å². The van der Waals surface area contributed by atoms with Gasteiger partial charge in [0.25, 0.3) is 5.91 Å². The van der Waals surface area contributed by atoms with Gasteiger partial charge in [0.05, 0.1) is 11.3 Å². The van der Waals surface area contributed by atoms with Crippen molar-refractivity contribution >= 4 is 11.6 Å². The molecule has 0 aliphatic heterocycles. The Morgan fingerprint density at radius 3 is 2.67 bits per heavy atom. The average Bonchev–Trinajstić information content (AvgIpc) is 2.47. The molecule has 0 radical (unpaired) electrons. The third-order valence-electron chi connectivity index (χ3n) is 4.57. The lowest BCUT2D eigenvalue weighted by Crippen LogP contribution is -2.44. The molecule has 21 heavy (non-hydrogen) atoms. The minimum atomic E-state index is -0.0239. The molecule has 4 N–H and O–H groups in total. The first kappa shape index (κ1) is 15.8. The summed E-state index contributed by atoms with van der Waals surface area (Å²) in [5.41, 5.74) is 4.98. The summed E-state index contributed by atoms with van der Waals surface area (Å²) in [6.07, 6.45) is 4.75. The Morgan fingerprint density at radius 2 is 2.00 bits per heavy atom. The summed E-state index contributed by atoms with van der Waals surface area (Å²) in [6.45, 7) is 6.47. The van der Waals surface area contributed by atoms with Crippen molar-refractivity contribution in [1.29, 1.82) is 0 Å². The van der Waals surface area contributed by atoms with Gasteiger partial charge in [0.1, 0.15) is 0 Å². The maximum Gasteiger partial charge on any atom is 0.253 e. The summed E-state index contributed by atoms with van der Waals surface area (Å²) >= 11 is 0. The van der Waals surface area contributed by atoms with Crippen LogP contribution < -0.4 is 16.6 Å². The molecule has 1 fully saturated rings. The van der Waals surface area contributed by atoms with Crippen LogP contribution in [0.4, 0.5) is 5.69 Å². The molecule has 0 bridgehead atoms. The molecule has 1 aliphatic rings. The second kappa shape index (κ2) is 6.94. The molecule has 4 nitrogen and oxygen atoms in total. The van der Waals surface area contributed by atoms with Gasteiger partial charge in [-0.15, -0.1) is 0 Å². The molecule has 1 aliphatic carbocycles. The molecule has 0 heterocycles. The van der Waals surface area contributed by atoms with Gasteiger partial charge in [-0.05, 0) is 43.7 Å². The average molecular weight is 289 g/mol. The second-order valence-electron chi connectivity index (χ2n) is 6.47. The number of carbonyl (C=O) groups is 1. The maximum atomic E-state index is 12.6. The molecule has 2 atom stereocenters.